The number of amides is 1. The number of unbranched alkanes of at least 4 members (excludes halogenated alkanes) is 1. The van der Waals surface area contributed by atoms with Crippen molar-refractivity contribution in [3.8, 4) is 11.1 Å². The van der Waals surface area contributed by atoms with E-state index in [9.17, 15) is 14.7 Å². The van der Waals surface area contributed by atoms with Gasteiger partial charge >= 0.3 is 12.1 Å². The summed E-state index contributed by atoms with van der Waals surface area (Å²) in [5, 5.41) is 12.0. The summed E-state index contributed by atoms with van der Waals surface area (Å²) in [7, 11) is 6.30. The Morgan fingerprint density at radius 1 is 1.00 bits per heavy atom. The van der Waals surface area contributed by atoms with Gasteiger partial charge in [0.15, 0.2) is 0 Å². The maximum atomic E-state index is 12.3. The van der Waals surface area contributed by atoms with Crippen LogP contribution < -0.4 is 17.7 Å². The Hall–Kier alpha value is -2.57. The van der Waals surface area contributed by atoms with E-state index in [1.54, 1.807) is 0 Å². The lowest BCUT2D eigenvalue weighted by atomic mass is 9.98. The zero-order valence-electron chi connectivity index (χ0n) is 18.3. The first-order valence-corrected chi connectivity index (χ1v) is 10.4. The van der Waals surface area contributed by atoms with Gasteiger partial charge in [0.25, 0.3) is 0 Å². The van der Waals surface area contributed by atoms with Gasteiger partial charge in [-0.3, -0.25) is 0 Å². The van der Waals surface area contributed by atoms with Crippen LogP contribution in [0, 0.1) is 0 Å². The Labute approximate surface area is 190 Å². The monoisotopic (exact) mass is 446 g/mol. The maximum Gasteiger partial charge on any atom is 0.407 e. The van der Waals surface area contributed by atoms with Crippen molar-refractivity contribution >= 4 is 12.1 Å². The number of hydrogen-bond donors (Lipinski definition) is 2. The molecule has 6 nitrogen and oxygen atoms in total. The molecule has 0 radical (unpaired) electrons. The molecule has 0 aliphatic heterocycles. The Kier molecular flexibility index (Phi) is 8.48. The van der Waals surface area contributed by atoms with Crippen LogP contribution in [0.25, 0.3) is 11.1 Å². The lowest BCUT2D eigenvalue weighted by Gasteiger charge is -2.24. The molecule has 0 bridgehead atoms. The summed E-state index contributed by atoms with van der Waals surface area (Å²) in [6, 6.07) is 15.3. The molecular formula is C24H31ClN2O4. The molecule has 0 heterocycles. The van der Waals surface area contributed by atoms with Crippen LogP contribution in [0.5, 0.6) is 0 Å². The van der Waals surface area contributed by atoms with E-state index >= 15 is 0 Å². The molecule has 2 aromatic carbocycles. The molecule has 1 atom stereocenters. The summed E-state index contributed by atoms with van der Waals surface area (Å²) in [6.07, 6.45) is 1.34. The van der Waals surface area contributed by atoms with Crippen molar-refractivity contribution in [3.63, 3.8) is 0 Å². The number of hydrogen-bond acceptors (Lipinski definition) is 3. The van der Waals surface area contributed by atoms with Crippen LogP contribution in [0.3, 0.4) is 0 Å². The van der Waals surface area contributed by atoms with Gasteiger partial charge in [0.05, 0.1) is 27.7 Å². The van der Waals surface area contributed by atoms with E-state index in [2.05, 4.69) is 50.7 Å². The number of quaternary nitrogens is 1. The van der Waals surface area contributed by atoms with Crippen LogP contribution in [0.4, 0.5) is 4.79 Å². The van der Waals surface area contributed by atoms with Gasteiger partial charge < -0.3 is 32.1 Å². The maximum absolute atomic E-state index is 12.3. The number of halogens is 1. The second-order valence-corrected chi connectivity index (χ2v) is 8.87. The van der Waals surface area contributed by atoms with Crippen LogP contribution in [-0.2, 0) is 9.53 Å². The average Bonchev–Trinajstić information content (AvgIpc) is 3.01. The Morgan fingerprint density at radius 3 is 2.06 bits per heavy atom. The van der Waals surface area contributed by atoms with Crippen molar-refractivity contribution in [3.05, 3.63) is 59.7 Å². The fraction of sp³-hybridized carbons (Fsp3) is 0.417. The number of nitrogens with zero attached hydrogens (tertiary/aromatic N) is 1. The first-order chi connectivity index (χ1) is 14.3. The van der Waals surface area contributed by atoms with E-state index < -0.39 is 18.1 Å². The van der Waals surface area contributed by atoms with Gasteiger partial charge in [0, 0.05) is 5.92 Å². The summed E-state index contributed by atoms with van der Waals surface area (Å²) in [5.74, 6) is -1.08. The number of carboxylic acid groups (broad SMARTS) is 1. The molecule has 2 aromatic rings. The highest BCUT2D eigenvalue weighted by molar-refractivity contribution is 5.81. The number of rotatable bonds is 9. The highest BCUT2D eigenvalue weighted by atomic mass is 35.5. The molecule has 2 N–H and O–H groups in total. The molecule has 31 heavy (non-hydrogen) atoms. The third kappa shape index (κ3) is 6.45. The van der Waals surface area contributed by atoms with Gasteiger partial charge in [0.2, 0.25) is 0 Å². The first-order valence-electron chi connectivity index (χ1n) is 10.4. The molecule has 0 spiro atoms. The molecule has 0 aromatic heterocycles. The van der Waals surface area contributed by atoms with Crippen molar-refractivity contribution < 1.29 is 36.3 Å². The van der Waals surface area contributed by atoms with Crippen molar-refractivity contribution in [2.45, 2.75) is 31.2 Å². The summed E-state index contributed by atoms with van der Waals surface area (Å²) in [6.45, 7) is 1.13. The van der Waals surface area contributed by atoms with E-state index in [1.807, 2.05) is 24.3 Å². The van der Waals surface area contributed by atoms with Crippen molar-refractivity contribution in [2.24, 2.45) is 0 Å². The smallest absolute Gasteiger partial charge is 0.407 e. The number of carbonyl (C=O) groups is 2. The predicted octanol–water partition coefficient (Wildman–Crippen LogP) is 0.859. The Balaban J connectivity index is 0.00000341. The van der Waals surface area contributed by atoms with Crippen LogP contribution in [0.2, 0.25) is 0 Å². The number of fused-ring (bicyclic) bond motifs is 3. The number of alkyl carbamates (subject to hydrolysis) is 1. The molecule has 168 valence electrons. The van der Waals surface area contributed by atoms with E-state index in [4.69, 9.17) is 4.74 Å². The zero-order valence-corrected chi connectivity index (χ0v) is 19.1. The van der Waals surface area contributed by atoms with Gasteiger partial charge in [-0.15, -0.1) is 0 Å². The number of aliphatic carboxylic acids is 1. The largest absolute Gasteiger partial charge is 1.00 e. The van der Waals surface area contributed by atoms with Crippen LogP contribution in [-0.4, -0.2) is 62.0 Å². The first kappa shape index (κ1) is 24.7. The van der Waals surface area contributed by atoms with Gasteiger partial charge in [-0.25, -0.2) is 9.59 Å². The lowest BCUT2D eigenvalue weighted by molar-refractivity contribution is -0.870. The van der Waals surface area contributed by atoms with E-state index in [-0.39, 0.29) is 24.9 Å². The molecule has 1 unspecified atom stereocenters. The summed E-state index contributed by atoms with van der Waals surface area (Å²) < 4.78 is 6.30. The lowest BCUT2D eigenvalue weighted by Crippen LogP contribution is -3.00. The molecule has 1 amide bonds. The molecule has 1 aliphatic rings. The fourth-order valence-electron chi connectivity index (χ4n) is 3.97. The van der Waals surface area contributed by atoms with E-state index in [0.29, 0.717) is 6.42 Å². The number of nitrogens with one attached hydrogen (secondary N) is 1. The van der Waals surface area contributed by atoms with Crippen LogP contribution >= 0.6 is 0 Å². The van der Waals surface area contributed by atoms with Crippen LogP contribution in [0.1, 0.15) is 36.3 Å². The Bertz CT molecular complexity index is 865. The number of carboxylic acids is 1. The average molecular weight is 447 g/mol. The van der Waals surface area contributed by atoms with Crippen LogP contribution in [0.15, 0.2) is 48.5 Å². The quantitative estimate of drug-likeness (QED) is 0.442. The SMILES string of the molecule is C[N+](C)(C)CCCCC(NC(=O)OCC1c2ccccc2-c2ccccc21)C(=O)O.[Cl-]. The predicted molar refractivity (Wildman–Crippen MR) is 116 cm³/mol. The van der Waals surface area contributed by atoms with Gasteiger partial charge in [-0.1, -0.05) is 48.5 Å². The molecule has 0 saturated heterocycles. The normalized spacial score (nSPS) is 13.5. The second kappa shape index (κ2) is 10.6. The van der Waals surface area contributed by atoms with Crippen molar-refractivity contribution in [2.75, 3.05) is 34.3 Å². The van der Waals surface area contributed by atoms with Crippen molar-refractivity contribution in [1.29, 1.82) is 0 Å². The van der Waals surface area contributed by atoms with E-state index in [1.165, 1.54) is 0 Å². The number of benzene rings is 2. The second-order valence-electron chi connectivity index (χ2n) is 8.87. The molecule has 0 saturated carbocycles. The van der Waals surface area contributed by atoms with Gasteiger partial charge in [-0.2, -0.15) is 0 Å². The number of ether oxygens (including phenoxy) is 1. The third-order valence-corrected chi connectivity index (χ3v) is 5.51. The Morgan fingerprint density at radius 2 is 1.55 bits per heavy atom. The molecule has 0 fully saturated rings. The van der Waals surface area contributed by atoms with Gasteiger partial charge in [0.1, 0.15) is 12.6 Å². The number of carbonyl (C=O) groups excluding carboxylic acids is 1. The standard InChI is InChI=1S/C24H30N2O4.ClH/c1-26(2,3)15-9-8-14-22(23(27)28)25-24(29)30-16-21-19-12-6-4-10-17(19)18-11-5-7-13-20(18)21;/h4-7,10-13,21-22H,8-9,14-16H2,1-3H3,(H-,25,27,28,29);1H. The van der Waals surface area contributed by atoms with E-state index in [0.717, 1.165) is 46.1 Å². The van der Waals surface area contributed by atoms with Crippen molar-refractivity contribution in [1.82, 2.24) is 5.32 Å². The highest BCUT2D eigenvalue weighted by Gasteiger charge is 2.29. The molecular weight excluding hydrogens is 416 g/mol. The van der Waals surface area contributed by atoms with Gasteiger partial charge in [-0.05, 0) is 41.5 Å². The molecule has 3 rings (SSSR count). The minimum Gasteiger partial charge on any atom is -1.00 e. The fourth-order valence-corrected chi connectivity index (χ4v) is 3.97. The summed E-state index contributed by atoms with van der Waals surface area (Å²) in [4.78, 5) is 23.9. The molecule has 1 aliphatic carbocycles. The highest BCUT2D eigenvalue weighted by Crippen LogP contribution is 2.44. The summed E-state index contributed by atoms with van der Waals surface area (Å²) in [5.41, 5.74) is 4.56. The third-order valence-electron chi connectivity index (χ3n) is 5.51. The summed E-state index contributed by atoms with van der Waals surface area (Å²) >= 11 is 0. The topological polar surface area (TPSA) is 75.6 Å². The minimum atomic E-state index is -1.03. The minimum absolute atomic E-state index is 0. The molecule has 7 heteroatoms. The zero-order chi connectivity index (χ0) is 21.7.